The van der Waals surface area contributed by atoms with E-state index in [1.54, 1.807) is 0 Å². The average molecular weight is 854 g/mol. The molecule has 314 valence electrons. The molecule has 1 aromatic heterocycles. The van der Waals surface area contributed by atoms with E-state index >= 15 is 0 Å². The molecular formula is C65H43NO. The minimum Gasteiger partial charge on any atom is -0.456 e. The summed E-state index contributed by atoms with van der Waals surface area (Å²) in [7, 11) is 0. The normalized spacial score (nSPS) is 12.6. The maximum absolute atomic E-state index is 6.74. The van der Waals surface area contributed by atoms with Crippen LogP contribution in [0.15, 0.2) is 265 Å². The van der Waals surface area contributed by atoms with E-state index in [1.807, 2.05) is 0 Å². The topological polar surface area (TPSA) is 16.4 Å². The number of benzene rings is 11. The quantitative estimate of drug-likeness (QED) is 0.151. The van der Waals surface area contributed by atoms with Crippen LogP contribution in [0.5, 0.6) is 0 Å². The molecule has 2 nitrogen and oxygen atoms in total. The van der Waals surface area contributed by atoms with Gasteiger partial charge in [0.05, 0.1) is 11.1 Å². The first-order valence-electron chi connectivity index (χ1n) is 23.1. The van der Waals surface area contributed by atoms with Crippen LogP contribution in [0.2, 0.25) is 0 Å². The SMILES string of the molecule is c1ccc(-c2ccccc2-c2ccc3c(c2)oc2ccc(N(c4cccc(C5(c6ccccc6)c6ccccc6-c6ccccc65)c4)c4ccccc4-c4cccc5ccccc45)cc23)cc1. The highest BCUT2D eigenvalue weighted by Gasteiger charge is 2.46. The molecule has 0 bridgehead atoms. The summed E-state index contributed by atoms with van der Waals surface area (Å²) in [6, 6.07) is 95.0. The van der Waals surface area contributed by atoms with Crippen LogP contribution < -0.4 is 4.90 Å². The molecule has 67 heavy (non-hydrogen) atoms. The van der Waals surface area contributed by atoms with Gasteiger partial charge in [-0.2, -0.15) is 0 Å². The summed E-state index contributed by atoms with van der Waals surface area (Å²) < 4.78 is 6.74. The van der Waals surface area contributed by atoms with E-state index in [1.165, 1.54) is 66.4 Å². The monoisotopic (exact) mass is 853 g/mol. The third-order valence-corrected chi connectivity index (χ3v) is 14.0. The van der Waals surface area contributed by atoms with Gasteiger partial charge in [-0.05, 0) is 121 Å². The van der Waals surface area contributed by atoms with Crippen LogP contribution in [-0.2, 0) is 5.41 Å². The Kier molecular flexibility index (Phi) is 9.11. The van der Waals surface area contributed by atoms with Crippen LogP contribution in [-0.4, -0.2) is 0 Å². The number of para-hydroxylation sites is 1. The lowest BCUT2D eigenvalue weighted by Crippen LogP contribution is -2.28. The van der Waals surface area contributed by atoms with Crippen LogP contribution in [0.1, 0.15) is 22.3 Å². The lowest BCUT2D eigenvalue weighted by molar-refractivity contribution is 0.669. The van der Waals surface area contributed by atoms with Gasteiger partial charge in [-0.25, -0.2) is 0 Å². The Balaban J connectivity index is 1.03. The van der Waals surface area contributed by atoms with Gasteiger partial charge in [0.1, 0.15) is 11.2 Å². The van der Waals surface area contributed by atoms with Crippen molar-refractivity contribution >= 4 is 49.8 Å². The van der Waals surface area contributed by atoms with Crippen molar-refractivity contribution in [2.45, 2.75) is 5.41 Å². The molecule has 0 N–H and O–H groups in total. The summed E-state index contributed by atoms with van der Waals surface area (Å²) in [4.78, 5) is 2.45. The zero-order valence-corrected chi connectivity index (χ0v) is 36.7. The molecule has 12 aromatic rings. The maximum atomic E-state index is 6.74. The van der Waals surface area contributed by atoms with Gasteiger partial charge >= 0.3 is 0 Å². The molecule has 0 saturated heterocycles. The summed E-state index contributed by atoms with van der Waals surface area (Å²) >= 11 is 0. The van der Waals surface area contributed by atoms with Crippen LogP contribution >= 0.6 is 0 Å². The highest BCUT2D eigenvalue weighted by Crippen LogP contribution is 2.57. The summed E-state index contributed by atoms with van der Waals surface area (Å²) in [5.41, 5.74) is 19.0. The molecule has 0 saturated carbocycles. The number of hydrogen-bond acceptors (Lipinski definition) is 2. The number of furan rings is 1. The van der Waals surface area contributed by atoms with Gasteiger partial charge in [0.15, 0.2) is 0 Å². The largest absolute Gasteiger partial charge is 0.456 e. The van der Waals surface area contributed by atoms with Crippen molar-refractivity contribution in [3.63, 3.8) is 0 Å². The Morgan fingerprint density at radius 2 is 0.866 bits per heavy atom. The van der Waals surface area contributed by atoms with Crippen molar-refractivity contribution in [3.05, 3.63) is 283 Å². The number of anilines is 3. The minimum atomic E-state index is -0.549. The fourth-order valence-electron chi connectivity index (χ4n) is 11.1. The molecule has 1 aliphatic rings. The molecule has 0 atom stereocenters. The molecule has 0 spiro atoms. The molecule has 0 amide bonds. The number of nitrogens with zero attached hydrogens (tertiary/aromatic N) is 1. The fourth-order valence-corrected chi connectivity index (χ4v) is 11.1. The fraction of sp³-hybridized carbons (Fsp3) is 0.0154. The van der Waals surface area contributed by atoms with Crippen molar-refractivity contribution in [1.82, 2.24) is 0 Å². The van der Waals surface area contributed by atoms with Crippen molar-refractivity contribution in [2.24, 2.45) is 0 Å². The standard InChI is InChI=1S/C65H43NO/c1-3-19-44(20-4-1)51-27-9-10-29-53(51)46-37-39-58-59-43-50(38-40-63(59)67-64(58)41-46)66(62-36-16-13-32-57(62)54-33-17-22-45-21-7-8-28-52(45)54)49-26-18-25-48(42-49)65(47-23-5-2-6-24-47)60-34-14-11-30-55(60)56-31-12-15-35-61(56)65/h1-43H. The smallest absolute Gasteiger partial charge is 0.136 e. The molecule has 1 aliphatic carbocycles. The Morgan fingerprint density at radius 3 is 1.64 bits per heavy atom. The molecule has 0 radical (unpaired) electrons. The van der Waals surface area contributed by atoms with E-state index in [0.717, 1.165) is 50.1 Å². The van der Waals surface area contributed by atoms with Gasteiger partial charge in [0.2, 0.25) is 0 Å². The summed E-state index contributed by atoms with van der Waals surface area (Å²) in [5, 5.41) is 4.58. The maximum Gasteiger partial charge on any atom is 0.136 e. The molecule has 0 fully saturated rings. The molecular weight excluding hydrogens is 811 g/mol. The number of hydrogen-bond donors (Lipinski definition) is 0. The van der Waals surface area contributed by atoms with E-state index in [-0.39, 0.29) is 0 Å². The molecule has 13 rings (SSSR count). The zero-order valence-electron chi connectivity index (χ0n) is 36.7. The van der Waals surface area contributed by atoms with E-state index in [9.17, 15) is 0 Å². The van der Waals surface area contributed by atoms with Crippen LogP contribution in [0.25, 0.3) is 77.2 Å². The molecule has 0 aliphatic heterocycles. The van der Waals surface area contributed by atoms with Crippen LogP contribution in [0.4, 0.5) is 17.1 Å². The first kappa shape index (κ1) is 38.7. The second-order valence-electron chi connectivity index (χ2n) is 17.5. The van der Waals surface area contributed by atoms with Gasteiger partial charge in [-0.3, -0.25) is 0 Å². The zero-order chi connectivity index (χ0) is 44.3. The van der Waals surface area contributed by atoms with Gasteiger partial charge in [-0.1, -0.05) is 212 Å². The van der Waals surface area contributed by atoms with Gasteiger partial charge in [0, 0.05) is 27.7 Å². The Bertz CT molecular complexity index is 3780. The van der Waals surface area contributed by atoms with Gasteiger partial charge < -0.3 is 9.32 Å². The van der Waals surface area contributed by atoms with Crippen molar-refractivity contribution in [1.29, 1.82) is 0 Å². The predicted molar refractivity (Wildman–Crippen MR) is 280 cm³/mol. The Labute approximate surface area is 390 Å². The minimum absolute atomic E-state index is 0.549. The van der Waals surface area contributed by atoms with Gasteiger partial charge in [-0.15, -0.1) is 0 Å². The second kappa shape index (κ2) is 15.8. The van der Waals surface area contributed by atoms with Crippen molar-refractivity contribution < 1.29 is 4.42 Å². The molecule has 0 unspecified atom stereocenters. The van der Waals surface area contributed by atoms with Gasteiger partial charge in [0.25, 0.3) is 0 Å². The molecule has 11 aromatic carbocycles. The van der Waals surface area contributed by atoms with E-state index in [4.69, 9.17) is 4.42 Å². The Hall–Kier alpha value is -8.72. The van der Waals surface area contributed by atoms with Crippen molar-refractivity contribution in [2.75, 3.05) is 4.90 Å². The first-order chi connectivity index (χ1) is 33.2. The predicted octanol–water partition coefficient (Wildman–Crippen LogP) is 17.6. The second-order valence-corrected chi connectivity index (χ2v) is 17.5. The summed E-state index contributed by atoms with van der Waals surface area (Å²) in [5.74, 6) is 0. The Morgan fingerprint density at radius 1 is 0.299 bits per heavy atom. The van der Waals surface area contributed by atoms with E-state index in [2.05, 4.69) is 266 Å². The van der Waals surface area contributed by atoms with Crippen LogP contribution in [0, 0.1) is 0 Å². The number of fused-ring (bicyclic) bond motifs is 7. The summed E-state index contributed by atoms with van der Waals surface area (Å²) in [6.07, 6.45) is 0. The third-order valence-electron chi connectivity index (χ3n) is 14.0. The third kappa shape index (κ3) is 6.18. The first-order valence-corrected chi connectivity index (χ1v) is 23.1. The van der Waals surface area contributed by atoms with Crippen LogP contribution in [0.3, 0.4) is 0 Å². The highest BCUT2D eigenvalue weighted by atomic mass is 16.3. The van der Waals surface area contributed by atoms with Crippen molar-refractivity contribution in [3.8, 4) is 44.5 Å². The van der Waals surface area contributed by atoms with E-state index < -0.39 is 5.41 Å². The average Bonchev–Trinajstić information content (AvgIpc) is 3.92. The lowest BCUT2D eigenvalue weighted by Gasteiger charge is -2.35. The molecule has 1 heterocycles. The molecule has 2 heteroatoms. The highest BCUT2D eigenvalue weighted by molar-refractivity contribution is 6.09. The lowest BCUT2D eigenvalue weighted by atomic mass is 9.67. The van der Waals surface area contributed by atoms with E-state index in [0.29, 0.717) is 0 Å². The summed E-state index contributed by atoms with van der Waals surface area (Å²) in [6.45, 7) is 0. The number of rotatable bonds is 8.